The maximum absolute atomic E-state index is 12.5. The van der Waals surface area contributed by atoms with Crippen LogP contribution < -0.4 is 5.73 Å². The van der Waals surface area contributed by atoms with Crippen LogP contribution in [0, 0.1) is 5.41 Å². The van der Waals surface area contributed by atoms with Gasteiger partial charge in [-0.3, -0.25) is 4.90 Å². The number of nitrogens with zero attached hydrogens (tertiary/aromatic N) is 3. The predicted molar refractivity (Wildman–Crippen MR) is 133 cm³/mol. The number of hydrogen-bond donors (Lipinski definition) is 2. The number of carboxylic acid groups (broad SMARTS) is 1. The van der Waals surface area contributed by atoms with Crippen molar-refractivity contribution in [1.82, 2.24) is 14.5 Å². The van der Waals surface area contributed by atoms with E-state index < -0.39 is 12.1 Å². The minimum absolute atomic E-state index is 0.0311. The Morgan fingerprint density at radius 3 is 2.24 bits per heavy atom. The first kappa shape index (κ1) is 24.5. The van der Waals surface area contributed by atoms with Gasteiger partial charge in [-0.2, -0.15) is 0 Å². The Morgan fingerprint density at radius 2 is 1.70 bits per heavy atom. The number of carbonyl (C=O) groups is 1. The van der Waals surface area contributed by atoms with E-state index in [2.05, 4.69) is 37.5 Å². The maximum atomic E-state index is 12.5. The molecule has 0 bridgehead atoms. The van der Waals surface area contributed by atoms with Crippen LogP contribution in [-0.2, 0) is 6.54 Å². The van der Waals surface area contributed by atoms with E-state index >= 15 is 0 Å². The minimum atomic E-state index is -0.950. The van der Waals surface area contributed by atoms with E-state index in [1.807, 2.05) is 61.7 Å². The van der Waals surface area contributed by atoms with Gasteiger partial charge in [0.15, 0.2) is 0 Å². The Morgan fingerprint density at radius 1 is 1.09 bits per heavy atom. The number of hydrogen-bond acceptors (Lipinski definition) is 3. The summed E-state index contributed by atoms with van der Waals surface area (Å²) in [5, 5.41) is 10.2. The van der Waals surface area contributed by atoms with Crippen molar-refractivity contribution < 1.29 is 9.90 Å². The van der Waals surface area contributed by atoms with Gasteiger partial charge < -0.3 is 15.4 Å². The molecule has 3 N–H and O–H groups in total. The summed E-state index contributed by atoms with van der Waals surface area (Å²) in [5.41, 5.74) is 8.75. The van der Waals surface area contributed by atoms with Crippen molar-refractivity contribution in [3.8, 4) is 11.3 Å². The number of rotatable bonds is 9. The Hall–Kier alpha value is -3.12. The van der Waals surface area contributed by atoms with Crippen LogP contribution in [0.4, 0.5) is 4.79 Å². The smallest absolute Gasteiger partial charge is 0.407 e. The van der Waals surface area contributed by atoms with Crippen molar-refractivity contribution in [2.24, 2.45) is 11.1 Å². The number of aromatic nitrogens is 2. The van der Waals surface area contributed by atoms with Gasteiger partial charge in [-0.15, -0.1) is 0 Å². The van der Waals surface area contributed by atoms with Crippen molar-refractivity contribution in [3.63, 3.8) is 0 Å². The molecule has 3 aromatic rings. The summed E-state index contributed by atoms with van der Waals surface area (Å²) in [6.07, 6.45) is 2.51. The molecule has 176 valence electrons. The number of benzene rings is 2. The molecular weight excluding hydrogens is 412 g/mol. The molecule has 1 heterocycles. The van der Waals surface area contributed by atoms with Crippen molar-refractivity contribution >= 4 is 6.09 Å². The molecule has 1 aromatic heterocycles. The first-order valence-electron chi connectivity index (χ1n) is 11.6. The molecule has 0 aliphatic heterocycles. The van der Waals surface area contributed by atoms with E-state index in [4.69, 9.17) is 10.7 Å². The summed E-state index contributed by atoms with van der Waals surface area (Å²) >= 11 is 0. The fourth-order valence-electron chi connectivity index (χ4n) is 4.14. The molecular formula is C27H36N4O2. The van der Waals surface area contributed by atoms with Gasteiger partial charge in [0.2, 0.25) is 0 Å². The molecule has 0 radical (unpaired) electrons. The predicted octanol–water partition coefficient (Wildman–Crippen LogP) is 5.79. The van der Waals surface area contributed by atoms with Crippen LogP contribution in [0.1, 0.15) is 58.0 Å². The van der Waals surface area contributed by atoms with E-state index in [0.717, 1.165) is 29.1 Å². The lowest BCUT2D eigenvalue weighted by Gasteiger charge is -2.38. The fourth-order valence-corrected chi connectivity index (χ4v) is 4.14. The number of imidazole rings is 1. The second kappa shape index (κ2) is 10.7. The number of amides is 1. The molecule has 1 unspecified atom stereocenters. The first-order valence-corrected chi connectivity index (χ1v) is 11.6. The number of nitrogens with two attached hydrogens (primary N) is 1. The van der Waals surface area contributed by atoms with Gasteiger partial charge in [0.1, 0.15) is 5.82 Å². The summed E-state index contributed by atoms with van der Waals surface area (Å²) in [4.78, 5) is 19.0. The average Bonchev–Trinajstić information content (AvgIpc) is 3.19. The molecule has 0 saturated heterocycles. The quantitative estimate of drug-likeness (QED) is 0.434. The topological polar surface area (TPSA) is 84.4 Å². The summed E-state index contributed by atoms with van der Waals surface area (Å²) in [6.45, 7) is 9.20. The van der Waals surface area contributed by atoms with Crippen molar-refractivity contribution in [2.75, 3.05) is 6.54 Å². The maximum Gasteiger partial charge on any atom is 0.407 e. The van der Waals surface area contributed by atoms with Crippen LogP contribution in [-0.4, -0.2) is 38.2 Å². The molecule has 0 spiro atoms. The van der Waals surface area contributed by atoms with Crippen LogP contribution >= 0.6 is 0 Å². The highest BCUT2D eigenvalue weighted by atomic mass is 16.4. The molecule has 0 fully saturated rings. The van der Waals surface area contributed by atoms with Crippen molar-refractivity contribution in [1.29, 1.82) is 0 Å². The van der Waals surface area contributed by atoms with Crippen LogP contribution in [0.25, 0.3) is 11.3 Å². The standard InChI is InChI=1S/C27H36N4O2/c1-5-22(28)16-17-31(26(32)33)24(27(2,3)4)25-29-23(21-14-10-7-11-15-21)19-30(25)18-20-12-8-6-9-13-20/h6-15,19,22,24H,5,16-18,28H2,1-4H3,(H,32,33)/t22?,24-/m0/s1. The average molecular weight is 449 g/mol. The van der Waals surface area contributed by atoms with Crippen LogP contribution in [0.3, 0.4) is 0 Å². The van der Waals surface area contributed by atoms with Gasteiger partial charge in [0, 0.05) is 30.9 Å². The molecule has 6 nitrogen and oxygen atoms in total. The Labute approximate surface area is 197 Å². The minimum Gasteiger partial charge on any atom is -0.465 e. The Balaban J connectivity index is 2.10. The van der Waals surface area contributed by atoms with Gasteiger partial charge in [-0.05, 0) is 23.8 Å². The lowest BCUT2D eigenvalue weighted by Crippen LogP contribution is -2.43. The highest BCUT2D eigenvalue weighted by Crippen LogP contribution is 2.39. The van der Waals surface area contributed by atoms with E-state index in [0.29, 0.717) is 19.5 Å². The lowest BCUT2D eigenvalue weighted by atomic mass is 9.84. The molecule has 0 saturated carbocycles. The zero-order valence-corrected chi connectivity index (χ0v) is 20.1. The lowest BCUT2D eigenvalue weighted by molar-refractivity contribution is 0.0738. The third-order valence-corrected chi connectivity index (χ3v) is 5.96. The molecule has 33 heavy (non-hydrogen) atoms. The van der Waals surface area contributed by atoms with E-state index in [9.17, 15) is 9.90 Å². The highest BCUT2D eigenvalue weighted by Gasteiger charge is 2.38. The normalized spacial score (nSPS) is 13.5. The molecule has 1 amide bonds. The van der Waals surface area contributed by atoms with Gasteiger partial charge in [0.25, 0.3) is 0 Å². The van der Waals surface area contributed by atoms with Gasteiger partial charge in [-0.25, -0.2) is 9.78 Å². The van der Waals surface area contributed by atoms with E-state index in [1.165, 1.54) is 4.90 Å². The van der Waals surface area contributed by atoms with Gasteiger partial charge in [0.05, 0.1) is 11.7 Å². The molecule has 0 aliphatic carbocycles. The van der Waals surface area contributed by atoms with Crippen LogP contribution in [0.5, 0.6) is 0 Å². The van der Waals surface area contributed by atoms with Crippen molar-refractivity contribution in [2.45, 2.75) is 59.2 Å². The second-order valence-electron chi connectivity index (χ2n) is 9.67. The van der Waals surface area contributed by atoms with Crippen molar-refractivity contribution in [3.05, 3.63) is 78.2 Å². The molecule has 0 aliphatic rings. The van der Waals surface area contributed by atoms with Gasteiger partial charge in [-0.1, -0.05) is 88.4 Å². The summed E-state index contributed by atoms with van der Waals surface area (Å²) in [6, 6.07) is 19.7. The molecule has 3 rings (SSSR count). The Bertz CT molecular complexity index is 1030. The second-order valence-corrected chi connectivity index (χ2v) is 9.67. The Kier molecular flexibility index (Phi) is 7.92. The largest absolute Gasteiger partial charge is 0.465 e. The van der Waals surface area contributed by atoms with E-state index in [-0.39, 0.29) is 11.5 Å². The molecule has 6 heteroatoms. The monoisotopic (exact) mass is 448 g/mol. The first-order chi connectivity index (χ1) is 15.7. The SMILES string of the molecule is CCC(N)CCN(C(=O)O)[C@@H](c1nc(-c2ccccc2)cn1Cc1ccccc1)C(C)(C)C. The summed E-state index contributed by atoms with van der Waals surface area (Å²) < 4.78 is 2.10. The van der Waals surface area contributed by atoms with E-state index in [1.54, 1.807) is 0 Å². The summed E-state index contributed by atoms with van der Waals surface area (Å²) in [5.74, 6) is 0.748. The van der Waals surface area contributed by atoms with Crippen LogP contribution in [0.2, 0.25) is 0 Å². The van der Waals surface area contributed by atoms with Crippen LogP contribution in [0.15, 0.2) is 66.9 Å². The zero-order chi connectivity index (χ0) is 24.0. The third-order valence-electron chi connectivity index (χ3n) is 5.96. The molecule has 2 aromatic carbocycles. The fraction of sp³-hybridized carbons (Fsp3) is 0.407. The van der Waals surface area contributed by atoms with Gasteiger partial charge >= 0.3 is 6.09 Å². The molecule has 2 atom stereocenters. The third kappa shape index (κ3) is 6.23. The zero-order valence-electron chi connectivity index (χ0n) is 20.1. The summed E-state index contributed by atoms with van der Waals surface area (Å²) in [7, 11) is 0. The highest BCUT2D eigenvalue weighted by molar-refractivity contribution is 5.66.